The number of thioether (sulfide) groups is 1. The lowest BCUT2D eigenvalue weighted by Gasteiger charge is -2.21. The highest BCUT2D eigenvalue weighted by molar-refractivity contribution is 8.00. The molecule has 8 heteroatoms. The molecule has 2 N–H and O–H groups in total. The lowest BCUT2D eigenvalue weighted by Crippen LogP contribution is -2.37. The summed E-state index contributed by atoms with van der Waals surface area (Å²) in [5.41, 5.74) is 7.02. The predicted octanol–water partition coefficient (Wildman–Crippen LogP) is 1.98. The van der Waals surface area contributed by atoms with E-state index in [1.807, 2.05) is 60.9 Å². The van der Waals surface area contributed by atoms with Gasteiger partial charge in [0.1, 0.15) is 0 Å². The van der Waals surface area contributed by atoms with Crippen molar-refractivity contribution in [3.63, 3.8) is 0 Å². The highest BCUT2D eigenvalue weighted by atomic mass is 32.2. The van der Waals surface area contributed by atoms with Crippen LogP contribution in [-0.2, 0) is 20.6 Å². The van der Waals surface area contributed by atoms with Gasteiger partial charge in [-0.3, -0.25) is 13.9 Å². The first-order chi connectivity index (χ1) is 13.2. The zero-order chi connectivity index (χ0) is 20.5. The van der Waals surface area contributed by atoms with Gasteiger partial charge in [0.2, 0.25) is 0 Å². The minimum atomic E-state index is -0.392. The summed E-state index contributed by atoms with van der Waals surface area (Å²) < 4.78 is 4.13. The smallest absolute Gasteiger partial charge is 0.329 e. The fourth-order valence-electron chi connectivity index (χ4n) is 2.82. The van der Waals surface area contributed by atoms with E-state index in [1.165, 1.54) is 23.4 Å². The maximum Gasteiger partial charge on any atom is 0.332 e. The van der Waals surface area contributed by atoms with Gasteiger partial charge in [-0.15, -0.1) is 0 Å². The fourth-order valence-corrected chi connectivity index (χ4v) is 3.81. The van der Waals surface area contributed by atoms with Crippen LogP contribution in [0.3, 0.4) is 0 Å². The third kappa shape index (κ3) is 3.83. The van der Waals surface area contributed by atoms with Crippen LogP contribution < -0.4 is 17.0 Å². The zero-order valence-electron chi connectivity index (χ0n) is 16.5. The lowest BCUT2D eigenvalue weighted by molar-refractivity contribution is 0.691. The zero-order valence-corrected chi connectivity index (χ0v) is 17.4. The Hall–Kier alpha value is -2.58. The van der Waals surface area contributed by atoms with Gasteiger partial charge >= 0.3 is 5.69 Å². The Morgan fingerprint density at radius 3 is 2.46 bits per heavy atom. The molecule has 0 spiro atoms. The molecule has 0 saturated heterocycles. The van der Waals surface area contributed by atoms with Crippen molar-refractivity contribution in [2.24, 2.45) is 19.8 Å². The molecule has 0 radical (unpaired) electrons. The number of rotatable bonds is 6. The number of benzene rings is 1. The Balaban J connectivity index is 2.15. The average molecular weight is 400 g/mol. The molecule has 0 bridgehead atoms. The van der Waals surface area contributed by atoms with Crippen molar-refractivity contribution in [1.29, 1.82) is 0 Å². The van der Waals surface area contributed by atoms with Crippen LogP contribution in [-0.4, -0.2) is 30.0 Å². The van der Waals surface area contributed by atoms with E-state index in [2.05, 4.69) is 4.98 Å². The van der Waals surface area contributed by atoms with Crippen molar-refractivity contribution in [3.8, 4) is 0 Å². The maximum absolute atomic E-state index is 12.8. The van der Waals surface area contributed by atoms with Crippen LogP contribution in [0.1, 0.15) is 19.4 Å². The Bertz CT molecular complexity index is 1140. The van der Waals surface area contributed by atoms with E-state index >= 15 is 0 Å². The van der Waals surface area contributed by atoms with Gasteiger partial charge in [-0.05, 0) is 19.4 Å². The summed E-state index contributed by atoms with van der Waals surface area (Å²) in [5, 5.41) is 0.668. The van der Waals surface area contributed by atoms with Crippen molar-refractivity contribution in [2.45, 2.75) is 30.3 Å². The molecule has 28 heavy (non-hydrogen) atoms. The van der Waals surface area contributed by atoms with Gasteiger partial charge in [0, 0.05) is 31.9 Å². The van der Waals surface area contributed by atoms with Crippen LogP contribution >= 0.6 is 11.8 Å². The van der Waals surface area contributed by atoms with Crippen LogP contribution in [0.4, 0.5) is 0 Å². The molecule has 7 nitrogen and oxygen atoms in total. The molecular weight excluding hydrogens is 374 g/mol. The average Bonchev–Trinajstić information content (AvgIpc) is 3.03. The van der Waals surface area contributed by atoms with E-state index in [-0.39, 0.29) is 10.3 Å². The summed E-state index contributed by atoms with van der Waals surface area (Å²) in [7, 11) is 3.11. The summed E-state index contributed by atoms with van der Waals surface area (Å²) in [6.45, 7) is 4.97. The van der Waals surface area contributed by atoms with Crippen LogP contribution in [0.2, 0.25) is 0 Å². The van der Waals surface area contributed by atoms with Crippen molar-refractivity contribution < 1.29 is 0 Å². The molecule has 0 aliphatic heterocycles. The van der Waals surface area contributed by atoms with Crippen molar-refractivity contribution in [2.75, 3.05) is 6.54 Å². The summed E-state index contributed by atoms with van der Waals surface area (Å²) in [6.07, 6.45) is 3.99. The second kappa shape index (κ2) is 7.81. The van der Waals surface area contributed by atoms with Crippen LogP contribution in [0.15, 0.2) is 51.2 Å². The highest BCUT2D eigenvalue weighted by Crippen LogP contribution is 2.32. The van der Waals surface area contributed by atoms with Crippen LogP contribution in [0, 0.1) is 0 Å². The number of fused-ring (bicyclic) bond motifs is 1. The molecule has 0 amide bonds. The molecular formula is C20H25N5O2S. The predicted molar refractivity (Wildman–Crippen MR) is 115 cm³/mol. The molecule has 2 aromatic heterocycles. The molecule has 2 heterocycles. The summed E-state index contributed by atoms with van der Waals surface area (Å²) in [5.74, 6) is 0. The Morgan fingerprint density at radius 2 is 1.82 bits per heavy atom. The Kier molecular flexibility index (Phi) is 5.62. The normalized spacial score (nSPS) is 12.3. The minimum Gasteiger partial charge on any atom is -0.329 e. The molecule has 0 fully saturated rings. The van der Waals surface area contributed by atoms with Crippen LogP contribution in [0.5, 0.6) is 0 Å². The summed E-state index contributed by atoms with van der Waals surface area (Å²) >= 11 is 1.50. The largest absolute Gasteiger partial charge is 0.332 e. The quantitative estimate of drug-likeness (QED) is 0.641. The molecule has 0 aliphatic rings. The number of nitrogens with two attached hydrogens (primary N) is 1. The van der Waals surface area contributed by atoms with E-state index in [9.17, 15) is 9.59 Å². The number of imidazole rings is 1. The van der Waals surface area contributed by atoms with E-state index in [1.54, 1.807) is 7.05 Å². The minimum absolute atomic E-state index is 0.258. The Labute approximate surface area is 167 Å². The van der Waals surface area contributed by atoms with E-state index in [4.69, 9.17) is 5.73 Å². The highest BCUT2D eigenvalue weighted by Gasteiger charge is 2.24. The Morgan fingerprint density at radius 1 is 1.14 bits per heavy atom. The lowest BCUT2D eigenvalue weighted by atomic mass is 10.2. The topological polar surface area (TPSA) is 87.8 Å². The molecule has 0 atom stereocenters. The van der Waals surface area contributed by atoms with E-state index in [0.29, 0.717) is 29.4 Å². The molecule has 1 aromatic carbocycles. The number of allylic oxidation sites excluding steroid dienone is 1. The van der Waals surface area contributed by atoms with Crippen LogP contribution in [0.25, 0.3) is 17.2 Å². The summed E-state index contributed by atoms with van der Waals surface area (Å²) in [6, 6.07) is 9.94. The van der Waals surface area contributed by atoms with Gasteiger partial charge in [-0.25, -0.2) is 9.78 Å². The van der Waals surface area contributed by atoms with Gasteiger partial charge in [0.05, 0.1) is 0 Å². The molecule has 3 aromatic rings. The van der Waals surface area contributed by atoms with Gasteiger partial charge in [-0.1, -0.05) is 54.2 Å². The van der Waals surface area contributed by atoms with Gasteiger partial charge in [0.25, 0.3) is 5.56 Å². The summed E-state index contributed by atoms with van der Waals surface area (Å²) in [4.78, 5) is 29.8. The van der Waals surface area contributed by atoms with E-state index < -0.39 is 5.69 Å². The third-order valence-corrected chi connectivity index (χ3v) is 5.78. The second-order valence-corrected chi connectivity index (χ2v) is 8.94. The molecule has 0 unspecified atom stereocenters. The fraction of sp³-hybridized carbons (Fsp3) is 0.350. The van der Waals surface area contributed by atoms with E-state index in [0.717, 1.165) is 10.1 Å². The van der Waals surface area contributed by atoms with Gasteiger partial charge < -0.3 is 10.3 Å². The number of aryl methyl sites for hydroxylation is 1. The maximum atomic E-state index is 12.8. The number of hydrogen-bond acceptors (Lipinski definition) is 5. The number of nitrogens with zero attached hydrogens (tertiary/aromatic N) is 4. The first-order valence-electron chi connectivity index (χ1n) is 9.02. The molecule has 3 rings (SSSR count). The SMILES string of the molecule is Cn1c(=O)c2c(nc(SC(C)(C)CN)n2C/C=C/c2ccccc2)n(C)c1=O. The number of hydrogen-bond donors (Lipinski definition) is 1. The third-order valence-electron chi connectivity index (χ3n) is 4.57. The van der Waals surface area contributed by atoms with Gasteiger partial charge in [0.15, 0.2) is 16.3 Å². The van der Waals surface area contributed by atoms with Gasteiger partial charge in [-0.2, -0.15) is 0 Å². The van der Waals surface area contributed by atoms with Crippen molar-refractivity contribution in [1.82, 2.24) is 18.7 Å². The van der Waals surface area contributed by atoms with Crippen molar-refractivity contribution in [3.05, 3.63) is 62.8 Å². The van der Waals surface area contributed by atoms with Crippen molar-refractivity contribution >= 4 is 29.0 Å². The first kappa shape index (κ1) is 20.2. The molecule has 0 saturated carbocycles. The molecule has 148 valence electrons. The first-order valence-corrected chi connectivity index (χ1v) is 9.84. The monoisotopic (exact) mass is 399 g/mol. The second-order valence-electron chi connectivity index (χ2n) is 7.26. The molecule has 0 aliphatic carbocycles. The number of aromatic nitrogens is 4. The standard InChI is InChI=1S/C20H25N5O2S/c1-20(2,13-21)28-18-22-16-15(17(26)24(4)19(27)23(16)3)25(18)12-8-11-14-9-6-5-7-10-14/h5-11H,12-13,21H2,1-4H3/b11-8+.